The number of hydrogen-bond donors (Lipinski definition) is 0. The first-order valence-corrected chi connectivity index (χ1v) is 7.48. The van der Waals surface area contributed by atoms with Gasteiger partial charge < -0.3 is 14.5 Å². The molecule has 0 aromatic carbocycles. The maximum Gasteiger partial charge on any atom is 0.219 e. The van der Waals surface area contributed by atoms with Gasteiger partial charge in [-0.25, -0.2) is 9.97 Å². The molecule has 2 fully saturated rings. The third-order valence-corrected chi connectivity index (χ3v) is 4.71. The third-order valence-electron chi connectivity index (χ3n) is 4.71. The van der Waals surface area contributed by atoms with Gasteiger partial charge in [-0.2, -0.15) is 0 Å². The molecule has 1 aromatic heterocycles. The second-order valence-electron chi connectivity index (χ2n) is 6.13. The first-order valence-electron chi connectivity index (χ1n) is 7.48. The molecule has 6 heteroatoms. The Morgan fingerprint density at radius 1 is 1.29 bits per heavy atom. The SMILES string of the molecule is COc1cc(N2CC[C@]3(CCCN(C(C)=O)C3)C2)ncn1. The van der Waals surface area contributed by atoms with Crippen LogP contribution in [-0.2, 0) is 4.79 Å². The number of carbonyl (C=O) groups excluding carboxylic acids is 1. The summed E-state index contributed by atoms with van der Waals surface area (Å²) in [5, 5.41) is 0. The van der Waals surface area contributed by atoms with Crippen molar-refractivity contribution in [3.8, 4) is 5.88 Å². The lowest BCUT2D eigenvalue weighted by Gasteiger charge is -2.40. The van der Waals surface area contributed by atoms with Crippen molar-refractivity contribution in [2.45, 2.75) is 26.2 Å². The zero-order valence-corrected chi connectivity index (χ0v) is 12.7. The number of ether oxygens (including phenoxy) is 1. The molecule has 0 saturated carbocycles. The van der Waals surface area contributed by atoms with Gasteiger partial charge in [0.25, 0.3) is 0 Å². The van der Waals surface area contributed by atoms with Crippen LogP contribution in [-0.4, -0.2) is 54.1 Å². The molecule has 1 amide bonds. The number of piperidine rings is 1. The van der Waals surface area contributed by atoms with Gasteiger partial charge in [0.2, 0.25) is 11.8 Å². The number of nitrogens with zero attached hydrogens (tertiary/aromatic N) is 4. The van der Waals surface area contributed by atoms with Crippen LogP contribution in [0.15, 0.2) is 12.4 Å². The Morgan fingerprint density at radius 2 is 2.14 bits per heavy atom. The molecule has 1 atom stereocenters. The Balaban J connectivity index is 1.73. The molecule has 0 unspecified atom stereocenters. The summed E-state index contributed by atoms with van der Waals surface area (Å²) in [7, 11) is 1.61. The van der Waals surface area contributed by atoms with Gasteiger partial charge in [0.15, 0.2) is 0 Å². The minimum Gasteiger partial charge on any atom is -0.481 e. The van der Waals surface area contributed by atoms with Crippen molar-refractivity contribution in [1.82, 2.24) is 14.9 Å². The van der Waals surface area contributed by atoms with E-state index in [9.17, 15) is 4.79 Å². The fraction of sp³-hybridized carbons (Fsp3) is 0.667. The highest BCUT2D eigenvalue weighted by Gasteiger charge is 2.42. The molecule has 114 valence electrons. The van der Waals surface area contributed by atoms with Gasteiger partial charge in [-0.1, -0.05) is 0 Å². The van der Waals surface area contributed by atoms with Crippen molar-refractivity contribution < 1.29 is 9.53 Å². The number of aromatic nitrogens is 2. The van der Waals surface area contributed by atoms with Crippen LogP contribution < -0.4 is 9.64 Å². The summed E-state index contributed by atoms with van der Waals surface area (Å²) in [6, 6.07) is 1.88. The fourth-order valence-electron chi connectivity index (χ4n) is 3.55. The van der Waals surface area contributed by atoms with Gasteiger partial charge in [-0.3, -0.25) is 4.79 Å². The van der Waals surface area contributed by atoms with E-state index in [0.29, 0.717) is 5.88 Å². The Labute approximate surface area is 125 Å². The minimum atomic E-state index is 0.191. The van der Waals surface area contributed by atoms with E-state index in [2.05, 4.69) is 14.9 Å². The summed E-state index contributed by atoms with van der Waals surface area (Å²) in [6.45, 7) is 5.38. The topological polar surface area (TPSA) is 58.6 Å². The number of anilines is 1. The summed E-state index contributed by atoms with van der Waals surface area (Å²) in [6.07, 6.45) is 4.95. The number of amides is 1. The first kappa shape index (κ1) is 14.1. The molecule has 0 aliphatic carbocycles. The second kappa shape index (κ2) is 5.50. The van der Waals surface area contributed by atoms with Gasteiger partial charge in [0.1, 0.15) is 12.1 Å². The van der Waals surface area contributed by atoms with Crippen LogP contribution >= 0.6 is 0 Å². The van der Waals surface area contributed by atoms with Gasteiger partial charge in [-0.05, 0) is 19.3 Å². The molecule has 3 heterocycles. The molecule has 1 aromatic rings. The highest BCUT2D eigenvalue weighted by atomic mass is 16.5. The lowest BCUT2D eigenvalue weighted by atomic mass is 9.79. The van der Waals surface area contributed by atoms with Gasteiger partial charge in [0, 0.05) is 44.6 Å². The molecule has 21 heavy (non-hydrogen) atoms. The summed E-state index contributed by atoms with van der Waals surface area (Å²) < 4.78 is 5.17. The van der Waals surface area contributed by atoms with Gasteiger partial charge >= 0.3 is 0 Å². The first-order chi connectivity index (χ1) is 10.1. The number of methoxy groups -OCH3 is 1. The van der Waals surface area contributed by atoms with E-state index in [-0.39, 0.29) is 11.3 Å². The average molecular weight is 290 g/mol. The van der Waals surface area contributed by atoms with E-state index < -0.39 is 0 Å². The quantitative estimate of drug-likeness (QED) is 0.822. The van der Waals surface area contributed by atoms with Gasteiger partial charge in [-0.15, -0.1) is 0 Å². The molecule has 2 aliphatic rings. The Hall–Kier alpha value is -1.85. The Morgan fingerprint density at radius 3 is 2.90 bits per heavy atom. The van der Waals surface area contributed by atoms with Crippen LogP contribution in [0.25, 0.3) is 0 Å². The van der Waals surface area contributed by atoms with E-state index >= 15 is 0 Å². The molecule has 2 saturated heterocycles. The average Bonchev–Trinajstić information content (AvgIpc) is 2.91. The maximum atomic E-state index is 11.6. The molecular formula is C15H22N4O2. The number of carbonyl (C=O) groups is 1. The van der Waals surface area contributed by atoms with Crippen LogP contribution in [0.3, 0.4) is 0 Å². The minimum absolute atomic E-state index is 0.191. The molecule has 3 rings (SSSR count). The van der Waals surface area contributed by atoms with Crippen LogP contribution in [0.5, 0.6) is 5.88 Å². The number of hydrogen-bond acceptors (Lipinski definition) is 5. The summed E-state index contributed by atoms with van der Waals surface area (Å²) in [4.78, 5) is 24.3. The second-order valence-corrected chi connectivity index (χ2v) is 6.13. The Bertz CT molecular complexity index is 536. The van der Waals surface area contributed by atoms with Crippen molar-refractivity contribution in [3.63, 3.8) is 0 Å². The number of likely N-dealkylation sites (tertiary alicyclic amines) is 1. The monoisotopic (exact) mass is 290 g/mol. The summed E-state index contributed by atoms with van der Waals surface area (Å²) in [5.74, 6) is 1.70. The van der Waals surface area contributed by atoms with E-state index in [0.717, 1.165) is 44.8 Å². The van der Waals surface area contributed by atoms with Crippen molar-refractivity contribution in [3.05, 3.63) is 12.4 Å². The van der Waals surface area contributed by atoms with Crippen LogP contribution in [0.2, 0.25) is 0 Å². The molecule has 2 aliphatic heterocycles. The molecule has 6 nitrogen and oxygen atoms in total. The van der Waals surface area contributed by atoms with Crippen LogP contribution in [0.1, 0.15) is 26.2 Å². The molecule has 1 spiro atoms. The standard InChI is InChI=1S/C15H22N4O2/c1-12(20)18-6-3-4-15(9-18)5-7-19(10-15)13-8-14(21-2)17-11-16-13/h8,11H,3-7,9-10H2,1-2H3/t15-/m0/s1. The van der Waals surface area contributed by atoms with Crippen molar-refractivity contribution in [2.75, 3.05) is 38.2 Å². The highest BCUT2D eigenvalue weighted by molar-refractivity contribution is 5.73. The smallest absolute Gasteiger partial charge is 0.219 e. The third kappa shape index (κ3) is 2.80. The lowest BCUT2D eigenvalue weighted by molar-refractivity contribution is -0.132. The zero-order valence-electron chi connectivity index (χ0n) is 12.7. The van der Waals surface area contributed by atoms with E-state index in [1.165, 1.54) is 6.42 Å². The largest absolute Gasteiger partial charge is 0.481 e. The molecular weight excluding hydrogens is 268 g/mol. The van der Waals surface area contributed by atoms with Crippen molar-refractivity contribution >= 4 is 11.7 Å². The molecule has 0 bridgehead atoms. The predicted molar refractivity (Wildman–Crippen MR) is 79.3 cm³/mol. The van der Waals surface area contributed by atoms with Crippen molar-refractivity contribution in [2.24, 2.45) is 5.41 Å². The van der Waals surface area contributed by atoms with E-state index in [1.807, 2.05) is 11.0 Å². The summed E-state index contributed by atoms with van der Waals surface area (Å²) in [5.41, 5.74) is 0.224. The van der Waals surface area contributed by atoms with E-state index in [1.54, 1.807) is 20.4 Å². The predicted octanol–water partition coefficient (Wildman–Crippen LogP) is 1.32. The summed E-state index contributed by atoms with van der Waals surface area (Å²) >= 11 is 0. The Kier molecular flexibility index (Phi) is 3.69. The maximum absolute atomic E-state index is 11.6. The zero-order chi connectivity index (χ0) is 14.9. The normalized spacial score (nSPS) is 25.4. The van der Waals surface area contributed by atoms with Crippen LogP contribution in [0.4, 0.5) is 5.82 Å². The van der Waals surface area contributed by atoms with E-state index in [4.69, 9.17) is 4.74 Å². The lowest BCUT2D eigenvalue weighted by Crippen LogP contribution is -2.46. The van der Waals surface area contributed by atoms with Gasteiger partial charge in [0.05, 0.1) is 7.11 Å². The molecule has 0 N–H and O–H groups in total. The van der Waals surface area contributed by atoms with Crippen LogP contribution in [0, 0.1) is 5.41 Å². The fourth-order valence-corrected chi connectivity index (χ4v) is 3.55. The number of rotatable bonds is 2. The molecule has 0 radical (unpaired) electrons. The highest BCUT2D eigenvalue weighted by Crippen LogP contribution is 2.40. The van der Waals surface area contributed by atoms with Crippen molar-refractivity contribution in [1.29, 1.82) is 0 Å².